The van der Waals surface area contributed by atoms with Crippen LogP contribution in [0.3, 0.4) is 0 Å². The first kappa shape index (κ1) is 27.3. The number of amides is 1. The molecule has 4 rings (SSSR count). The van der Waals surface area contributed by atoms with Gasteiger partial charge in [0.25, 0.3) is 5.91 Å². The monoisotopic (exact) mass is 577 g/mol. The molecule has 1 fully saturated rings. The number of halogens is 6. The van der Waals surface area contributed by atoms with E-state index in [-0.39, 0.29) is 23.1 Å². The minimum Gasteiger partial charge on any atom is -0.293 e. The van der Waals surface area contributed by atoms with Gasteiger partial charge in [0.15, 0.2) is 5.82 Å². The van der Waals surface area contributed by atoms with Crippen LogP contribution >= 0.6 is 35.3 Å². The van der Waals surface area contributed by atoms with E-state index < -0.39 is 23.5 Å². The van der Waals surface area contributed by atoms with Gasteiger partial charge in [-0.1, -0.05) is 35.6 Å². The highest BCUT2D eigenvalue weighted by Crippen LogP contribution is 2.40. The molecule has 0 bridgehead atoms. The maximum absolute atomic E-state index is 13.2. The number of thioether (sulfide) groups is 1. The Morgan fingerprint density at radius 3 is 2.30 bits per heavy atom. The van der Waals surface area contributed by atoms with E-state index in [1.165, 1.54) is 16.3 Å². The quantitative estimate of drug-likeness (QED) is 0.141. The lowest BCUT2D eigenvalue weighted by Crippen LogP contribution is -2.29. The molecule has 1 N–H and O–H groups in total. The van der Waals surface area contributed by atoms with Crippen LogP contribution < -0.4 is 0 Å². The van der Waals surface area contributed by atoms with Gasteiger partial charge in [0.05, 0.1) is 16.0 Å². The van der Waals surface area contributed by atoms with Crippen molar-refractivity contribution in [2.75, 3.05) is 6.54 Å². The summed E-state index contributed by atoms with van der Waals surface area (Å²) >= 11 is 7.52. The predicted octanol–water partition coefficient (Wildman–Crippen LogP) is 6.58. The minimum atomic E-state index is -4.93. The third-order valence-corrected chi connectivity index (χ3v) is 7.62. The van der Waals surface area contributed by atoms with Crippen molar-refractivity contribution in [3.63, 3.8) is 0 Å². The Bertz CT molecular complexity index is 1280. The molecule has 1 saturated heterocycles. The summed E-state index contributed by atoms with van der Waals surface area (Å²) in [7, 11) is 0. The van der Waals surface area contributed by atoms with E-state index >= 15 is 0 Å². The van der Waals surface area contributed by atoms with Crippen LogP contribution in [-0.2, 0) is 23.6 Å². The maximum Gasteiger partial charge on any atom is 0.416 e. The number of tetrazole rings is 1. The van der Waals surface area contributed by atoms with Gasteiger partial charge < -0.3 is 0 Å². The summed E-state index contributed by atoms with van der Waals surface area (Å²) in [6.07, 6.45) is -5.33. The second kappa shape index (κ2) is 10.9. The first-order valence-corrected chi connectivity index (χ1v) is 12.9. The highest BCUT2D eigenvalue weighted by atomic mass is 32.2. The molecule has 196 valence electrons. The Morgan fingerprint density at radius 2 is 1.68 bits per heavy atom. The molecule has 37 heavy (non-hydrogen) atoms. The maximum atomic E-state index is 13.2. The van der Waals surface area contributed by atoms with Gasteiger partial charge >= 0.3 is 12.4 Å². The van der Waals surface area contributed by atoms with Gasteiger partial charge in [-0.3, -0.25) is 9.69 Å². The zero-order valence-corrected chi connectivity index (χ0v) is 21.1. The van der Waals surface area contributed by atoms with E-state index in [2.05, 4.69) is 20.6 Å². The molecule has 0 saturated carbocycles. The molecule has 0 radical (unpaired) electrons. The lowest BCUT2D eigenvalue weighted by Gasteiger charge is -2.13. The lowest BCUT2D eigenvalue weighted by molar-refractivity contribution is -0.143. The number of hydrogen-bond acceptors (Lipinski definition) is 7. The van der Waals surface area contributed by atoms with Crippen molar-refractivity contribution in [1.82, 2.24) is 25.5 Å². The molecular weight excluding hydrogens is 560 g/mol. The van der Waals surface area contributed by atoms with Crippen LogP contribution in [0.25, 0.3) is 17.2 Å². The van der Waals surface area contributed by atoms with Crippen LogP contribution in [0, 0.1) is 0 Å². The Morgan fingerprint density at radius 1 is 0.973 bits per heavy atom. The summed E-state index contributed by atoms with van der Waals surface area (Å²) in [4.78, 5) is 15.2. The molecule has 3 aromatic rings. The molecule has 0 unspecified atom stereocenters. The summed E-state index contributed by atoms with van der Waals surface area (Å²) in [5, 5.41) is 15.1. The van der Waals surface area contributed by atoms with Gasteiger partial charge in [-0.05, 0) is 59.7 Å². The Labute approximate surface area is 220 Å². The van der Waals surface area contributed by atoms with Gasteiger partial charge in [0, 0.05) is 17.8 Å². The third kappa shape index (κ3) is 6.76. The molecule has 15 heteroatoms. The molecule has 1 aliphatic heterocycles. The van der Waals surface area contributed by atoms with Crippen molar-refractivity contribution in [2.24, 2.45) is 0 Å². The van der Waals surface area contributed by atoms with E-state index in [1.54, 1.807) is 6.08 Å². The number of hydrogen-bond donors (Lipinski definition) is 1. The van der Waals surface area contributed by atoms with Crippen LogP contribution in [-0.4, -0.2) is 42.3 Å². The largest absolute Gasteiger partial charge is 0.416 e. The van der Waals surface area contributed by atoms with Crippen molar-refractivity contribution in [1.29, 1.82) is 0 Å². The number of nitrogens with zero attached hydrogens (tertiary/aromatic N) is 4. The lowest BCUT2D eigenvalue weighted by atomic mass is 10.0. The van der Waals surface area contributed by atoms with Gasteiger partial charge in [-0.2, -0.15) is 31.6 Å². The van der Waals surface area contributed by atoms with E-state index in [1.807, 2.05) is 0 Å². The van der Waals surface area contributed by atoms with Crippen LogP contribution in [0.15, 0.2) is 34.6 Å². The molecule has 1 amide bonds. The standard InChI is InChI=1S/C22H17F6N5OS3/c23-21(24,25)14-6-12(7-15(9-14)22(26,27)28)13-8-16(36-11-13)10-17-19(34)33(20(35)37-17)5-3-1-2-4-18-29-31-32-30-18/h6-11H,1-5H2,(H,29,30,31,32)/b17-10-. The van der Waals surface area contributed by atoms with Crippen LogP contribution in [0.2, 0.25) is 0 Å². The Kier molecular flexibility index (Phi) is 8.04. The number of aromatic nitrogens is 4. The van der Waals surface area contributed by atoms with Crippen LogP contribution in [0.1, 0.15) is 41.1 Å². The smallest absolute Gasteiger partial charge is 0.293 e. The Hall–Kier alpha value is -2.78. The zero-order valence-electron chi connectivity index (χ0n) is 18.7. The predicted molar refractivity (Wildman–Crippen MR) is 131 cm³/mol. The molecule has 1 aromatic carbocycles. The van der Waals surface area contributed by atoms with Gasteiger partial charge in [-0.15, -0.1) is 21.5 Å². The molecule has 0 spiro atoms. The number of thiophene rings is 1. The first-order valence-electron chi connectivity index (χ1n) is 10.8. The van der Waals surface area contributed by atoms with Crippen molar-refractivity contribution in [3.8, 4) is 11.1 Å². The fourth-order valence-corrected chi connectivity index (χ4v) is 5.76. The summed E-state index contributed by atoms with van der Waals surface area (Å²) in [5.74, 6) is 0.324. The number of aryl methyl sites for hydroxylation is 1. The first-order chi connectivity index (χ1) is 17.4. The SMILES string of the molecule is O=C1/C(=C/c2cc(-c3cc(C(F)(F)F)cc(C(F)(F)F)c3)cs2)SC(=S)N1CCCCCc1nn[nH]n1. The van der Waals surface area contributed by atoms with E-state index in [9.17, 15) is 31.1 Å². The number of unbranched alkanes of at least 4 members (excludes halogenated alkanes) is 2. The number of nitrogens with one attached hydrogen (secondary N) is 1. The normalized spacial score (nSPS) is 15.8. The minimum absolute atomic E-state index is 0.0907. The fraction of sp³-hybridized carbons (Fsp3) is 0.318. The van der Waals surface area contributed by atoms with E-state index in [4.69, 9.17) is 12.2 Å². The number of rotatable bonds is 8. The van der Waals surface area contributed by atoms with Crippen molar-refractivity contribution in [2.45, 2.75) is 38.0 Å². The summed E-state index contributed by atoms with van der Waals surface area (Å²) in [6.45, 7) is 0.425. The average molecular weight is 578 g/mol. The third-order valence-electron chi connectivity index (χ3n) is 5.36. The molecule has 6 nitrogen and oxygen atoms in total. The van der Waals surface area contributed by atoms with Gasteiger partial charge in [0.1, 0.15) is 4.32 Å². The summed E-state index contributed by atoms with van der Waals surface area (Å²) < 4.78 is 79.6. The van der Waals surface area contributed by atoms with Gasteiger partial charge in [0.2, 0.25) is 0 Å². The van der Waals surface area contributed by atoms with Crippen molar-refractivity contribution >= 4 is 51.6 Å². The molecule has 1 aliphatic rings. The number of thiocarbonyl (C=S) groups is 1. The van der Waals surface area contributed by atoms with Crippen LogP contribution in [0.5, 0.6) is 0 Å². The number of H-pyrrole nitrogens is 1. The second-order valence-corrected chi connectivity index (χ2v) is 10.6. The summed E-state index contributed by atoms with van der Waals surface area (Å²) in [5.41, 5.74) is -2.80. The average Bonchev–Trinajstić information content (AvgIpc) is 3.56. The number of carbonyl (C=O) groups excluding carboxylic acids is 1. The van der Waals surface area contributed by atoms with Gasteiger partial charge in [-0.25, -0.2) is 0 Å². The number of benzene rings is 1. The number of aromatic amines is 1. The topological polar surface area (TPSA) is 74.8 Å². The van der Waals surface area contributed by atoms with Crippen LogP contribution in [0.4, 0.5) is 26.3 Å². The van der Waals surface area contributed by atoms with Crippen molar-refractivity contribution < 1.29 is 31.1 Å². The van der Waals surface area contributed by atoms with E-state index in [0.717, 1.165) is 35.9 Å². The molecule has 3 heterocycles. The summed E-state index contributed by atoms with van der Waals surface area (Å²) in [6, 6.07) is 2.90. The van der Waals surface area contributed by atoms with Crippen molar-refractivity contribution in [3.05, 3.63) is 56.4 Å². The Balaban J connectivity index is 1.44. The highest BCUT2D eigenvalue weighted by molar-refractivity contribution is 8.26. The zero-order chi connectivity index (χ0) is 26.8. The fourth-order valence-electron chi connectivity index (χ4n) is 3.54. The number of alkyl halides is 6. The molecule has 0 aliphatic carbocycles. The molecule has 0 atom stereocenters. The molecular formula is C22H17F6N5OS3. The molecule has 2 aromatic heterocycles. The second-order valence-electron chi connectivity index (χ2n) is 8.00. The van der Waals surface area contributed by atoms with E-state index in [0.29, 0.717) is 51.4 Å². The number of carbonyl (C=O) groups is 1. The highest BCUT2D eigenvalue weighted by Gasteiger charge is 2.37.